The summed E-state index contributed by atoms with van der Waals surface area (Å²) >= 11 is 0. The molecule has 0 spiro atoms. The molecule has 2 rings (SSSR count). The normalized spacial score (nSPS) is 19.8. The SMILES string of the molecule is O=C(O)C1(OCc2ccco2)CCCCCC1. The molecule has 1 aromatic heterocycles. The molecule has 0 bridgehead atoms. The molecule has 1 aliphatic carbocycles. The zero-order valence-corrected chi connectivity index (χ0v) is 9.85. The Bertz CT molecular complexity index is 348. The van der Waals surface area contributed by atoms with Gasteiger partial charge < -0.3 is 14.3 Å². The Morgan fingerprint density at radius 2 is 2.06 bits per heavy atom. The lowest BCUT2D eigenvalue weighted by atomic mass is 9.94. The van der Waals surface area contributed by atoms with E-state index in [-0.39, 0.29) is 6.61 Å². The molecule has 1 fully saturated rings. The molecule has 94 valence electrons. The van der Waals surface area contributed by atoms with Crippen LogP contribution in [0.4, 0.5) is 0 Å². The number of hydrogen-bond acceptors (Lipinski definition) is 3. The van der Waals surface area contributed by atoms with E-state index in [4.69, 9.17) is 9.15 Å². The molecule has 1 aliphatic rings. The monoisotopic (exact) mass is 238 g/mol. The third kappa shape index (κ3) is 2.88. The van der Waals surface area contributed by atoms with Crippen LogP contribution >= 0.6 is 0 Å². The smallest absolute Gasteiger partial charge is 0.335 e. The van der Waals surface area contributed by atoms with E-state index in [1.165, 1.54) is 0 Å². The molecule has 0 unspecified atom stereocenters. The number of carboxylic acid groups (broad SMARTS) is 1. The van der Waals surface area contributed by atoms with Gasteiger partial charge in [-0.05, 0) is 37.8 Å². The van der Waals surface area contributed by atoms with Gasteiger partial charge in [-0.3, -0.25) is 0 Å². The van der Waals surface area contributed by atoms with E-state index < -0.39 is 11.6 Å². The van der Waals surface area contributed by atoms with Gasteiger partial charge in [-0.15, -0.1) is 0 Å². The molecule has 0 aliphatic heterocycles. The molecule has 1 N–H and O–H groups in total. The molecule has 0 atom stereocenters. The average Bonchev–Trinajstić information content (AvgIpc) is 2.71. The van der Waals surface area contributed by atoms with Crippen molar-refractivity contribution in [3.8, 4) is 0 Å². The van der Waals surface area contributed by atoms with Crippen molar-refractivity contribution in [2.24, 2.45) is 0 Å². The van der Waals surface area contributed by atoms with Gasteiger partial charge in [-0.2, -0.15) is 0 Å². The minimum absolute atomic E-state index is 0.235. The molecular formula is C13H18O4. The summed E-state index contributed by atoms with van der Waals surface area (Å²) in [7, 11) is 0. The summed E-state index contributed by atoms with van der Waals surface area (Å²) in [4.78, 5) is 11.4. The number of rotatable bonds is 4. The molecule has 4 heteroatoms. The summed E-state index contributed by atoms with van der Waals surface area (Å²) in [6, 6.07) is 3.57. The Balaban J connectivity index is 2.02. The first-order chi connectivity index (χ1) is 8.23. The predicted molar refractivity (Wildman–Crippen MR) is 61.6 cm³/mol. The second-order valence-electron chi connectivity index (χ2n) is 4.58. The molecule has 0 amide bonds. The highest BCUT2D eigenvalue weighted by atomic mass is 16.5. The van der Waals surface area contributed by atoms with E-state index in [1.54, 1.807) is 18.4 Å². The Hall–Kier alpha value is -1.29. The molecule has 1 heterocycles. The van der Waals surface area contributed by atoms with Gasteiger partial charge in [0.05, 0.1) is 6.26 Å². The van der Waals surface area contributed by atoms with Crippen LogP contribution in [0.3, 0.4) is 0 Å². The van der Waals surface area contributed by atoms with Gasteiger partial charge in [0.1, 0.15) is 12.4 Å². The first-order valence-electron chi connectivity index (χ1n) is 6.13. The van der Waals surface area contributed by atoms with Crippen molar-refractivity contribution in [1.29, 1.82) is 0 Å². The van der Waals surface area contributed by atoms with Gasteiger partial charge in [0.2, 0.25) is 0 Å². The Morgan fingerprint density at radius 3 is 2.59 bits per heavy atom. The molecule has 1 aromatic rings. The van der Waals surface area contributed by atoms with Gasteiger partial charge in [0, 0.05) is 0 Å². The van der Waals surface area contributed by atoms with Crippen LogP contribution in [0.15, 0.2) is 22.8 Å². The molecular weight excluding hydrogens is 220 g/mol. The molecule has 0 aromatic carbocycles. The zero-order chi connectivity index (χ0) is 12.1. The Morgan fingerprint density at radius 1 is 1.35 bits per heavy atom. The fraction of sp³-hybridized carbons (Fsp3) is 0.615. The highest BCUT2D eigenvalue weighted by Crippen LogP contribution is 2.31. The Labute approximate surface area is 101 Å². The zero-order valence-electron chi connectivity index (χ0n) is 9.85. The van der Waals surface area contributed by atoms with Gasteiger partial charge >= 0.3 is 5.97 Å². The second-order valence-corrected chi connectivity index (χ2v) is 4.58. The predicted octanol–water partition coefficient (Wildman–Crippen LogP) is 2.97. The van der Waals surface area contributed by atoms with E-state index in [9.17, 15) is 9.90 Å². The van der Waals surface area contributed by atoms with Crippen LogP contribution in [0.2, 0.25) is 0 Å². The fourth-order valence-electron chi connectivity index (χ4n) is 2.32. The lowest BCUT2D eigenvalue weighted by Crippen LogP contribution is -2.41. The van der Waals surface area contributed by atoms with Gasteiger partial charge in [-0.25, -0.2) is 4.79 Å². The topological polar surface area (TPSA) is 59.7 Å². The molecule has 1 saturated carbocycles. The lowest BCUT2D eigenvalue weighted by molar-refractivity contribution is -0.170. The lowest BCUT2D eigenvalue weighted by Gasteiger charge is -2.27. The van der Waals surface area contributed by atoms with E-state index in [1.807, 2.05) is 0 Å². The Kier molecular flexibility index (Phi) is 3.84. The summed E-state index contributed by atoms with van der Waals surface area (Å²) in [5.74, 6) is -0.166. The maximum absolute atomic E-state index is 11.4. The molecule has 17 heavy (non-hydrogen) atoms. The second kappa shape index (κ2) is 5.36. The first-order valence-corrected chi connectivity index (χ1v) is 6.13. The minimum Gasteiger partial charge on any atom is -0.479 e. The van der Waals surface area contributed by atoms with Crippen molar-refractivity contribution in [1.82, 2.24) is 0 Å². The van der Waals surface area contributed by atoms with Crippen molar-refractivity contribution in [2.75, 3.05) is 0 Å². The van der Waals surface area contributed by atoms with E-state index in [0.29, 0.717) is 18.6 Å². The van der Waals surface area contributed by atoms with Crippen molar-refractivity contribution in [3.05, 3.63) is 24.2 Å². The first kappa shape index (κ1) is 12.2. The molecule has 4 nitrogen and oxygen atoms in total. The van der Waals surface area contributed by atoms with Crippen molar-refractivity contribution in [3.63, 3.8) is 0 Å². The standard InChI is InChI=1S/C13H18O4/c14-12(15)13(7-3-1-2-4-8-13)17-10-11-6-5-9-16-11/h5-6,9H,1-4,7-8,10H2,(H,14,15). The fourth-order valence-corrected chi connectivity index (χ4v) is 2.32. The summed E-state index contributed by atoms with van der Waals surface area (Å²) in [5.41, 5.74) is -1.01. The van der Waals surface area contributed by atoms with Crippen LogP contribution in [-0.2, 0) is 16.1 Å². The van der Waals surface area contributed by atoms with Crippen molar-refractivity contribution in [2.45, 2.75) is 50.7 Å². The minimum atomic E-state index is -1.01. The number of carboxylic acids is 1. The number of hydrogen-bond donors (Lipinski definition) is 1. The quantitative estimate of drug-likeness (QED) is 0.819. The van der Waals surface area contributed by atoms with E-state index in [0.717, 1.165) is 25.7 Å². The van der Waals surface area contributed by atoms with E-state index in [2.05, 4.69) is 0 Å². The summed E-state index contributed by atoms with van der Waals surface area (Å²) < 4.78 is 10.8. The van der Waals surface area contributed by atoms with Crippen molar-refractivity contribution >= 4 is 5.97 Å². The van der Waals surface area contributed by atoms with Gasteiger partial charge in [-0.1, -0.05) is 12.8 Å². The van der Waals surface area contributed by atoms with Crippen molar-refractivity contribution < 1.29 is 19.1 Å². The average molecular weight is 238 g/mol. The number of carbonyl (C=O) groups is 1. The van der Waals surface area contributed by atoms with Crippen LogP contribution in [-0.4, -0.2) is 16.7 Å². The third-order valence-electron chi connectivity index (χ3n) is 3.37. The maximum Gasteiger partial charge on any atom is 0.335 e. The molecule has 0 radical (unpaired) electrons. The summed E-state index contributed by atoms with van der Waals surface area (Å²) in [6.45, 7) is 0.235. The van der Waals surface area contributed by atoms with Crippen LogP contribution < -0.4 is 0 Å². The van der Waals surface area contributed by atoms with Crippen LogP contribution in [0, 0.1) is 0 Å². The number of aliphatic carboxylic acids is 1. The highest BCUT2D eigenvalue weighted by molar-refractivity contribution is 5.77. The maximum atomic E-state index is 11.4. The van der Waals surface area contributed by atoms with Gasteiger partial charge in [0.15, 0.2) is 5.60 Å². The van der Waals surface area contributed by atoms with Crippen LogP contribution in [0.5, 0.6) is 0 Å². The number of furan rings is 1. The van der Waals surface area contributed by atoms with E-state index >= 15 is 0 Å². The third-order valence-corrected chi connectivity index (χ3v) is 3.37. The number of ether oxygens (including phenoxy) is 1. The summed E-state index contributed by atoms with van der Waals surface area (Å²) in [6.07, 6.45) is 6.80. The van der Waals surface area contributed by atoms with Crippen LogP contribution in [0.25, 0.3) is 0 Å². The van der Waals surface area contributed by atoms with Gasteiger partial charge in [0.25, 0.3) is 0 Å². The largest absolute Gasteiger partial charge is 0.479 e. The summed E-state index contributed by atoms with van der Waals surface area (Å²) in [5, 5.41) is 9.39. The van der Waals surface area contributed by atoms with Crippen LogP contribution in [0.1, 0.15) is 44.3 Å². The molecule has 0 saturated heterocycles. The highest BCUT2D eigenvalue weighted by Gasteiger charge is 2.39.